The molecule has 5 atom stereocenters. The van der Waals surface area contributed by atoms with Crippen LogP contribution in [-0.4, -0.2) is 18.7 Å². The summed E-state index contributed by atoms with van der Waals surface area (Å²) < 4.78 is 5.11. The van der Waals surface area contributed by atoms with Gasteiger partial charge in [-0.15, -0.1) is 0 Å². The number of carbonyl (C=O) groups excluding carboxylic acids is 1. The molecule has 0 heterocycles. The summed E-state index contributed by atoms with van der Waals surface area (Å²) >= 11 is 0. The van der Waals surface area contributed by atoms with Gasteiger partial charge in [0.05, 0.1) is 0 Å². The average Bonchev–Trinajstić information content (AvgIpc) is 2.67. The van der Waals surface area contributed by atoms with Crippen molar-refractivity contribution in [2.75, 3.05) is 6.54 Å². The van der Waals surface area contributed by atoms with Crippen LogP contribution >= 0.6 is 0 Å². The molecule has 3 N–H and O–H groups in total. The van der Waals surface area contributed by atoms with Gasteiger partial charge in [-0.05, 0) is 42.7 Å². The molecule has 0 aromatic carbocycles. The first-order chi connectivity index (χ1) is 8.20. The number of carbonyl (C=O) groups is 1. The average molecular weight is 236 g/mol. The van der Waals surface area contributed by atoms with Gasteiger partial charge in [0.15, 0.2) is 0 Å². The zero-order valence-electron chi connectivity index (χ0n) is 10.2. The fourth-order valence-electron chi connectivity index (χ4n) is 4.09. The molecule has 5 unspecified atom stereocenters. The van der Waals surface area contributed by atoms with Crippen LogP contribution < -0.4 is 11.1 Å². The minimum atomic E-state index is -0.618. The Bertz CT molecular complexity index is 368. The zero-order valence-corrected chi connectivity index (χ0v) is 10.2. The van der Waals surface area contributed by atoms with Crippen molar-refractivity contribution in [3.63, 3.8) is 0 Å². The van der Waals surface area contributed by atoms with Gasteiger partial charge in [-0.2, -0.15) is 0 Å². The second-order valence-electron chi connectivity index (χ2n) is 5.58. The number of hydrogen-bond donors (Lipinski definition) is 2. The Balaban J connectivity index is 1.49. The zero-order chi connectivity index (χ0) is 12.0. The third-order valence-corrected chi connectivity index (χ3v) is 4.90. The van der Waals surface area contributed by atoms with Crippen molar-refractivity contribution in [1.82, 2.24) is 5.32 Å². The van der Waals surface area contributed by atoms with Crippen molar-refractivity contribution < 1.29 is 9.53 Å². The largest absolute Gasteiger partial charge is 0.446 e. The number of primary amides is 1. The van der Waals surface area contributed by atoms with Crippen molar-refractivity contribution in [1.29, 1.82) is 0 Å². The highest BCUT2D eigenvalue weighted by molar-refractivity contribution is 5.65. The molecule has 1 amide bonds. The summed E-state index contributed by atoms with van der Waals surface area (Å²) in [6.07, 6.45) is 7.32. The molecule has 0 aromatic rings. The summed E-state index contributed by atoms with van der Waals surface area (Å²) in [6.45, 7) is 3.20. The van der Waals surface area contributed by atoms with Crippen LogP contribution in [0.2, 0.25) is 0 Å². The predicted molar refractivity (Wildman–Crippen MR) is 64.0 cm³/mol. The van der Waals surface area contributed by atoms with Gasteiger partial charge >= 0.3 is 6.09 Å². The number of fused-ring (bicyclic) bond motifs is 1. The van der Waals surface area contributed by atoms with Crippen molar-refractivity contribution >= 4 is 6.09 Å². The van der Waals surface area contributed by atoms with E-state index in [2.05, 4.69) is 24.5 Å². The smallest absolute Gasteiger partial charge is 0.404 e. The van der Waals surface area contributed by atoms with Crippen LogP contribution in [0.4, 0.5) is 4.79 Å². The number of rotatable bonds is 5. The quantitative estimate of drug-likeness (QED) is 0.713. The molecule has 94 valence electrons. The summed E-state index contributed by atoms with van der Waals surface area (Å²) in [5, 5.41) is 3.29. The number of ether oxygens (including phenoxy) is 1. The van der Waals surface area contributed by atoms with Crippen molar-refractivity contribution in [3.05, 3.63) is 12.3 Å². The second kappa shape index (κ2) is 3.65. The first kappa shape index (κ1) is 10.9. The normalized spacial score (nSPS) is 45.2. The minimum absolute atomic E-state index is 0.111. The maximum absolute atomic E-state index is 10.7. The van der Waals surface area contributed by atoms with Crippen molar-refractivity contribution in [2.24, 2.45) is 28.9 Å². The number of hydrogen-bond acceptors (Lipinski definition) is 3. The predicted octanol–water partition coefficient (Wildman–Crippen LogP) is 1.62. The SMILES string of the molecule is CCCN/C=C\C1CC2C3C(OC(N)=O)CC123. The molecule has 0 aliphatic heterocycles. The Kier molecular flexibility index (Phi) is 2.35. The van der Waals surface area contributed by atoms with E-state index in [0.29, 0.717) is 17.3 Å². The number of allylic oxidation sites excluding steroid dienone is 1. The van der Waals surface area contributed by atoms with Crippen LogP contribution in [0, 0.1) is 23.2 Å². The fourth-order valence-corrected chi connectivity index (χ4v) is 4.09. The summed E-state index contributed by atoms with van der Waals surface area (Å²) in [4.78, 5) is 10.7. The summed E-state index contributed by atoms with van der Waals surface area (Å²) in [6, 6.07) is 0. The molecule has 4 nitrogen and oxygen atoms in total. The highest BCUT2D eigenvalue weighted by Gasteiger charge is 2.84. The molecule has 3 saturated carbocycles. The van der Waals surface area contributed by atoms with Gasteiger partial charge in [-0.25, -0.2) is 4.79 Å². The maximum Gasteiger partial charge on any atom is 0.404 e. The number of nitrogens with two attached hydrogens (primary N) is 1. The lowest BCUT2D eigenvalue weighted by Gasteiger charge is -2.41. The third-order valence-electron chi connectivity index (χ3n) is 4.90. The van der Waals surface area contributed by atoms with Crippen LogP contribution in [0.3, 0.4) is 0 Å². The Morgan fingerprint density at radius 3 is 3.12 bits per heavy atom. The molecular weight excluding hydrogens is 216 g/mol. The molecule has 3 aliphatic carbocycles. The van der Waals surface area contributed by atoms with Gasteiger partial charge < -0.3 is 15.8 Å². The monoisotopic (exact) mass is 236 g/mol. The van der Waals surface area contributed by atoms with E-state index in [9.17, 15) is 4.79 Å². The summed E-state index contributed by atoms with van der Waals surface area (Å²) in [5.74, 6) is 2.10. The van der Waals surface area contributed by atoms with E-state index < -0.39 is 6.09 Å². The van der Waals surface area contributed by atoms with Crippen molar-refractivity contribution in [2.45, 2.75) is 32.3 Å². The minimum Gasteiger partial charge on any atom is -0.446 e. The number of amides is 1. The molecule has 0 bridgehead atoms. The van der Waals surface area contributed by atoms with Crippen LogP contribution in [0.1, 0.15) is 26.2 Å². The van der Waals surface area contributed by atoms with Crippen LogP contribution in [0.15, 0.2) is 12.3 Å². The van der Waals surface area contributed by atoms with E-state index in [-0.39, 0.29) is 6.10 Å². The van der Waals surface area contributed by atoms with Gasteiger partial charge in [-0.3, -0.25) is 0 Å². The molecule has 0 saturated heterocycles. The lowest BCUT2D eigenvalue weighted by Crippen LogP contribution is -2.41. The molecule has 0 aromatic heterocycles. The van der Waals surface area contributed by atoms with E-state index in [1.807, 2.05) is 0 Å². The molecule has 3 fully saturated rings. The second-order valence-corrected chi connectivity index (χ2v) is 5.58. The van der Waals surface area contributed by atoms with Crippen LogP contribution in [0.5, 0.6) is 0 Å². The molecular formula is C13H20N2O2. The Morgan fingerprint density at radius 2 is 2.47 bits per heavy atom. The van der Waals surface area contributed by atoms with Crippen molar-refractivity contribution in [3.8, 4) is 0 Å². The van der Waals surface area contributed by atoms with Gasteiger partial charge in [0, 0.05) is 12.5 Å². The van der Waals surface area contributed by atoms with Gasteiger partial charge in [-0.1, -0.05) is 13.0 Å². The fraction of sp³-hybridized carbons (Fsp3) is 0.769. The number of nitrogens with one attached hydrogen (secondary N) is 1. The van der Waals surface area contributed by atoms with Gasteiger partial charge in [0.25, 0.3) is 0 Å². The Morgan fingerprint density at radius 1 is 1.65 bits per heavy atom. The first-order valence-electron chi connectivity index (χ1n) is 6.56. The molecule has 17 heavy (non-hydrogen) atoms. The highest BCUT2D eigenvalue weighted by Crippen LogP contribution is 2.85. The molecule has 3 rings (SSSR count). The van der Waals surface area contributed by atoms with Gasteiger partial charge in [0.1, 0.15) is 6.10 Å². The van der Waals surface area contributed by atoms with E-state index >= 15 is 0 Å². The standard InChI is InChI=1S/C13H20N2O2/c1-2-4-15-5-3-8-6-9-11-10(17-12(14)16)7-13(8,9)11/h3,5,8-11,15H,2,4,6-7H2,1H3,(H2,14,16)/b5-3-. The maximum atomic E-state index is 10.7. The molecule has 4 heteroatoms. The van der Waals surface area contributed by atoms with Crippen LogP contribution in [-0.2, 0) is 4.74 Å². The van der Waals surface area contributed by atoms with E-state index in [1.54, 1.807) is 0 Å². The Hall–Kier alpha value is -1.19. The highest BCUT2D eigenvalue weighted by atomic mass is 16.6. The van der Waals surface area contributed by atoms with Gasteiger partial charge in [0.2, 0.25) is 0 Å². The molecule has 3 aliphatic rings. The lowest BCUT2D eigenvalue weighted by atomic mass is 9.66. The van der Waals surface area contributed by atoms with E-state index in [1.165, 1.54) is 6.42 Å². The van der Waals surface area contributed by atoms with Crippen LogP contribution in [0.25, 0.3) is 0 Å². The van der Waals surface area contributed by atoms with E-state index in [0.717, 1.165) is 25.3 Å². The lowest BCUT2D eigenvalue weighted by molar-refractivity contribution is -0.00632. The molecule has 0 radical (unpaired) electrons. The summed E-state index contributed by atoms with van der Waals surface area (Å²) in [7, 11) is 0. The Labute approximate surface area is 102 Å². The third kappa shape index (κ3) is 1.39. The summed E-state index contributed by atoms with van der Waals surface area (Å²) in [5.41, 5.74) is 5.55. The topological polar surface area (TPSA) is 64.3 Å². The first-order valence-corrected chi connectivity index (χ1v) is 6.56. The van der Waals surface area contributed by atoms with E-state index in [4.69, 9.17) is 10.5 Å². The molecule has 1 spiro atoms.